The number of aromatic nitrogens is 2. The van der Waals surface area contributed by atoms with Gasteiger partial charge in [-0.2, -0.15) is 14.2 Å². The average molecular weight is 596 g/mol. The molecule has 0 atom stereocenters. The summed E-state index contributed by atoms with van der Waals surface area (Å²) in [4.78, 5) is 24.0. The first-order valence-electron chi connectivity index (χ1n) is 7.34. The molecule has 0 N–H and O–H groups in total. The Bertz CT molecular complexity index is 891. The van der Waals surface area contributed by atoms with Gasteiger partial charge in [0.05, 0.1) is 18.7 Å². The van der Waals surface area contributed by atoms with Crippen molar-refractivity contribution in [1.82, 2.24) is 4.57 Å². The fraction of sp³-hybridized carbons (Fsp3) is 0.357. The monoisotopic (exact) mass is 592 g/mol. The molecule has 0 aliphatic carbocycles. The van der Waals surface area contributed by atoms with E-state index in [-0.39, 0.29) is 5.69 Å². The predicted molar refractivity (Wildman–Crippen MR) is 112 cm³/mol. The molecule has 0 saturated carbocycles. The van der Waals surface area contributed by atoms with Crippen LogP contribution in [-0.4, -0.2) is 13.7 Å². The first-order valence-corrected chi connectivity index (χ1v) is 26.7. The fourth-order valence-corrected chi connectivity index (χ4v) is 1.96. The van der Waals surface area contributed by atoms with E-state index in [9.17, 15) is 9.59 Å². The van der Waals surface area contributed by atoms with Gasteiger partial charge < -0.3 is 4.42 Å². The van der Waals surface area contributed by atoms with Gasteiger partial charge in [-0.05, 0) is 32.9 Å². The molecule has 26 heavy (non-hydrogen) atoms. The van der Waals surface area contributed by atoms with E-state index in [0.717, 1.165) is 15.7 Å². The Morgan fingerprint density at radius 3 is 1.85 bits per heavy atom. The molecular weight excluding hydrogens is 579 g/mol. The molecule has 1 aromatic heterocycles. The molecule has 12 heteroatoms. The van der Waals surface area contributed by atoms with Crippen LogP contribution < -0.4 is 16.0 Å². The van der Waals surface area contributed by atoms with Gasteiger partial charge >= 0.3 is 79.5 Å². The summed E-state index contributed by atoms with van der Waals surface area (Å²) in [6, 6.07) is 7.52. The Kier molecular flexibility index (Phi) is 7.54. The predicted octanol–water partition coefficient (Wildman–Crippen LogP) is 4.86. The summed E-state index contributed by atoms with van der Waals surface area (Å²) < 4.78 is 7.85. The molecule has 1 aromatic carbocycles. The van der Waals surface area contributed by atoms with Crippen LogP contribution in [0.15, 0.2) is 38.3 Å². The van der Waals surface area contributed by atoms with E-state index in [1.807, 2.05) is 38.1 Å². The molecule has 2 aromatic rings. The number of halogens is 6. The SMILES string of the molecule is CCn1c(=O)oc(-c2ccc(C)cc2)[n+](CC)c1=O.[Cl][Sb-]([Cl])([Cl])([Cl])([Cl])[Cl]. The quantitative estimate of drug-likeness (QED) is 0.376. The van der Waals surface area contributed by atoms with Crippen LogP contribution in [0.3, 0.4) is 0 Å². The molecule has 0 saturated heterocycles. The van der Waals surface area contributed by atoms with Crippen LogP contribution in [0.25, 0.3) is 11.5 Å². The van der Waals surface area contributed by atoms with Gasteiger partial charge in [-0.3, -0.25) is 0 Å². The average Bonchev–Trinajstić information content (AvgIpc) is 2.45. The molecule has 2 rings (SSSR count). The molecule has 0 unspecified atom stereocenters. The van der Waals surface area contributed by atoms with Crippen LogP contribution in [0.1, 0.15) is 19.4 Å². The molecule has 5 nitrogen and oxygen atoms in total. The van der Waals surface area contributed by atoms with Crippen LogP contribution in [0.4, 0.5) is 0 Å². The van der Waals surface area contributed by atoms with E-state index < -0.39 is 14.9 Å². The Balaban J connectivity index is 0.000000412. The second kappa shape index (κ2) is 8.02. The van der Waals surface area contributed by atoms with Crippen molar-refractivity contribution in [2.24, 2.45) is 0 Å². The summed E-state index contributed by atoms with van der Waals surface area (Å²) in [5.74, 6) is -0.310. The maximum absolute atomic E-state index is 12.2. The summed E-state index contributed by atoms with van der Waals surface area (Å²) >= 11 is 0. The molecular formula is C14H17Cl6N2O3Sb. The molecule has 0 radical (unpaired) electrons. The van der Waals surface area contributed by atoms with E-state index in [4.69, 9.17) is 57.4 Å². The summed E-state index contributed by atoms with van der Waals surface area (Å²) in [6.07, 6.45) is 0. The molecule has 0 fully saturated rings. The zero-order valence-corrected chi connectivity index (χ0v) is 21.1. The van der Waals surface area contributed by atoms with Crippen LogP contribution in [-0.2, 0) is 13.1 Å². The first kappa shape index (κ1) is 24.4. The van der Waals surface area contributed by atoms with Gasteiger partial charge in [-0.1, -0.05) is 17.7 Å². The Morgan fingerprint density at radius 2 is 1.46 bits per heavy atom. The van der Waals surface area contributed by atoms with Crippen LogP contribution >= 0.6 is 53.0 Å². The Morgan fingerprint density at radius 1 is 1.00 bits per heavy atom. The molecule has 0 aliphatic rings. The fourth-order valence-electron chi connectivity index (χ4n) is 1.96. The van der Waals surface area contributed by atoms with Crippen molar-refractivity contribution < 1.29 is 8.98 Å². The zero-order chi connectivity index (χ0) is 20.4. The van der Waals surface area contributed by atoms with Crippen LogP contribution in [0, 0.1) is 6.92 Å². The number of rotatable bonds is 3. The molecule has 0 bridgehead atoms. The molecule has 1 heterocycles. The molecule has 0 amide bonds. The summed E-state index contributed by atoms with van der Waals surface area (Å²) in [6.45, 7) is 6.31. The second-order valence-corrected chi connectivity index (χ2v) is 62.2. The van der Waals surface area contributed by atoms with Crippen LogP contribution in [0.2, 0.25) is 0 Å². The van der Waals surface area contributed by atoms with E-state index in [0.29, 0.717) is 19.0 Å². The number of hydrogen-bond acceptors (Lipinski definition) is 3. The summed E-state index contributed by atoms with van der Waals surface area (Å²) in [5, 5.41) is 0. The number of hydrogen-bond donors (Lipinski definition) is 0. The van der Waals surface area contributed by atoms with E-state index in [1.165, 1.54) is 4.57 Å². The van der Waals surface area contributed by atoms with Crippen molar-refractivity contribution in [3.05, 3.63) is 50.9 Å². The number of nitrogens with zero attached hydrogens (tertiary/aromatic N) is 2. The minimum absolute atomic E-state index is 0.301. The topological polar surface area (TPSA) is 56.1 Å². The third kappa shape index (κ3) is 9.05. The van der Waals surface area contributed by atoms with Gasteiger partial charge in [-0.25, -0.2) is 0 Å². The summed E-state index contributed by atoms with van der Waals surface area (Å²) in [5.41, 5.74) is 1.50. The normalized spacial score (nSPS) is 14.0. The standard InChI is InChI=1S/C14H17N2O3.6ClH.Sb/c1-4-15-12(11-8-6-10(3)7-9-11)19-14(18)16(5-2)13(15)17;;;;;;;/h6-9H,4-5H2,1-3H3;6*1H;/q+1;;;;;;;+5/p-6. The van der Waals surface area contributed by atoms with Gasteiger partial charge in [0.25, 0.3) is 0 Å². The third-order valence-corrected chi connectivity index (χ3v) is 3.04. The van der Waals surface area contributed by atoms with Gasteiger partial charge in [0.1, 0.15) is 0 Å². The first-order chi connectivity index (χ1) is 11.5. The Labute approximate surface area is 170 Å². The Hall–Kier alpha value is 0.388. The molecule has 148 valence electrons. The van der Waals surface area contributed by atoms with E-state index in [1.54, 1.807) is 6.92 Å². The van der Waals surface area contributed by atoms with E-state index in [2.05, 4.69) is 0 Å². The van der Waals surface area contributed by atoms with E-state index >= 15 is 0 Å². The van der Waals surface area contributed by atoms with Crippen LogP contribution in [0.5, 0.6) is 0 Å². The number of benzene rings is 1. The maximum atomic E-state index is 12.2. The van der Waals surface area contributed by atoms with Crippen molar-refractivity contribution in [3.63, 3.8) is 0 Å². The van der Waals surface area contributed by atoms with Gasteiger partial charge in [-0.15, -0.1) is 4.57 Å². The number of aryl methyl sites for hydroxylation is 1. The van der Waals surface area contributed by atoms with Gasteiger partial charge in [0.15, 0.2) is 0 Å². The second-order valence-electron chi connectivity index (χ2n) is 5.27. The third-order valence-electron chi connectivity index (χ3n) is 3.04. The van der Waals surface area contributed by atoms with Crippen molar-refractivity contribution in [2.45, 2.75) is 33.9 Å². The molecule has 0 spiro atoms. The summed E-state index contributed by atoms with van der Waals surface area (Å²) in [7, 11) is 25.0. The minimum atomic E-state index is -5.42. The van der Waals surface area contributed by atoms with Crippen molar-refractivity contribution in [2.75, 3.05) is 0 Å². The zero-order valence-electron chi connectivity index (χ0n) is 14.1. The van der Waals surface area contributed by atoms with Gasteiger partial charge in [0.2, 0.25) is 0 Å². The van der Waals surface area contributed by atoms with Crippen molar-refractivity contribution in [1.29, 1.82) is 0 Å². The molecule has 0 aliphatic heterocycles. The van der Waals surface area contributed by atoms with Crippen molar-refractivity contribution in [3.8, 4) is 11.5 Å². The van der Waals surface area contributed by atoms with Gasteiger partial charge in [0, 0.05) is 0 Å². The van der Waals surface area contributed by atoms with Crippen molar-refractivity contribution >= 4 is 62.1 Å².